The first kappa shape index (κ1) is 9.64. The minimum absolute atomic E-state index is 0.119. The normalized spacial score (nSPS) is 31.0. The second-order valence-electron chi connectivity index (χ2n) is 4.54. The summed E-state index contributed by atoms with van der Waals surface area (Å²) in [7, 11) is 0. The van der Waals surface area contributed by atoms with Crippen LogP contribution in [0.2, 0.25) is 0 Å². The number of hydrogen-bond acceptors (Lipinski definition) is 2. The SMILES string of the molecule is O=C1C2C=CC1C(COc1ccccc1)C2. The van der Waals surface area contributed by atoms with Crippen LogP contribution in [0.15, 0.2) is 42.5 Å². The Bertz CT molecular complexity index is 422. The van der Waals surface area contributed by atoms with Gasteiger partial charge in [-0.15, -0.1) is 0 Å². The zero-order chi connectivity index (χ0) is 11.0. The average Bonchev–Trinajstić information content (AvgIpc) is 2.84. The third kappa shape index (κ3) is 1.54. The van der Waals surface area contributed by atoms with Crippen LogP contribution in [-0.4, -0.2) is 12.4 Å². The molecule has 3 rings (SSSR count). The van der Waals surface area contributed by atoms with E-state index in [-0.39, 0.29) is 11.8 Å². The van der Waals surface area contributed by atoms with Crippen LogP contribution in [0.4, 0.5) is 0 Å². The van der Waals surface area contributed by atoms with Gasteiger partial charge in [0.2, 0.25) is 0 Å². The number of hydrogen-bond donors (Lipinski definition) is 0. The summed E-state index contributed by atoms with van der Waals surface area (Å²) >= 11 is 0. The Morgan fingerprint density at radius 1 is 1.19 bits per heavy atom. The first-order valence-electron chi connectivity index (χ1n) is 5.74. The molecular formula is C14H14O2. The van der Waals surface area contributed by atoms with Crippen LogP contribution in [0.5, 0.6) is 5.75 Å². The third-order valence-corrected chi connectivity index (χ3v) is 3.52. The summed E-state index contributed by atoms with van der Waals surface area (Å²) in [4.78, 5) is 11.7. The van der Waals surface area contributed by atoms with Crippen molar-refractivity contribution in [1.82, 2.24) is 0 Å². The number of carbonyl (C=O) groups is 1. The molecule has 0 radical (unpaired) electrons. The second-order valence-corrected chi connectivity index (χ2v) is 4.54. The summed E-state index contributed by atoms with van der Waals surface area (Å²) in [6.45, 7) is 0.654. The molecule has 0 N–H and O–H groups in total. The van der Waals surface area contributed by atoms with Gasteiger partial charge in [0.15, 0.2) is 0 Å². The Morgan fingerprint density at radius 2 is 2.00 bits per heavy atom. The molecule has 2 aliphatic carbocycles. The van der Waals surface area contributed by atoms with Crippen molar-refractivity contribution in [3.05, 3.63) is 42.5 Å². The monoisotopic (exact) mass is 214 g/mol. The first-order chi connectivity index (χ1) is 7.84. The van der Waals surface area contributed by atoms with E-state index in [1.165, 1.54) is 0 Å². The predicted molar refractivity (Wildman–Crippen MR) is 61.2 cm³/mol. The molecule has 2 bridgehead atoms. The third-order valence-electron chi connectivity index (χ3n) is 3.52. The van der Waals surface area contributed by atoms with Gasteiger partial charge < -0.3 is 4.74 Å². The van der Waals surface area contributed by atoms with E-state index in [0.29, 0.717) is 18.3 Å². The summed E-state index contributed by atoms with van der Waals surface area (Å²) in [5.41, 5.74) is 0. The van der Waals surface area contributed by atoms with Crippen LogP contribution >= 0.6 is 0 Å². The Kier molecular flexibility index (Phi) is 2.28. The number of ether oxygens (including phenoxy) is 1. The van der Waals surface area contributed by atoms with E-state index < -0.39 is 0 Å². The molecule has 16 heavy (non-hydrogen) atoms. The maximum atomic E-state index is 11.7. The highest BCUT2D eigenvalue weighted by atomic mass is 16.5. The fraction of sp³-hybridized carbons (Fsp3) is 0.357. The Morgan fingerprint density at radius 3 is 2.62 bits per heavy atom. The lowest BCUT2D eigenvalue weighted by Crippen LogP contribution is -2.18. The number of rotatable bonds is 3. The molecule has 0 aromatic heterocycles. The first-order valence-corrected chi connectivity index (χ1v) is 5.74. The molecule has 3 unspecified atom stereocenters. The van der Waals surface area contributed by atoms with Gasteiger partial charge in [-0.05, 0) is 18.6 Å². The van der Waals surface area contributed by atoms with Crippen molar-refractivity contribution >= 4 is 5.78 Å². The molecule has 3 atom stereocenters. The van der Waals surface area contributed by atoms with Crippen molar-refractivity contribution in [3.8, 4) is 5.75 Å². The summed E-state index contributed by atoms with van der Waals surface area (Å²) in [5, 5.41) is 0. The molecule has 1 aromatic rings. The van der Waals surface area contributed by atoms with Crippen molar-refractivity contribution in [2.24, 2.45) is 17.8 Å². The molecule has 0 saturated heterocycles. The van der Waals surface area contributed by atoms with E-state index in [0.717, 1.165) is 12.2 Å². The van der Waals surface area contributed by atoms with E-state index >= 15 is 0 Å². The summed E-state index contributed by atoms with van der Waals surface area (Å²) in [6.07, 6.45) is 5.06. The maximum absolute atomic E-state index is 11.7. The predicted octanol–water partition coefficient (Wildman–Crippen LogP) is 2.46. The average molecular weight is 214 g/mol. The molecule has 2 heteroatoms. The van der Waals surface area contributed by atoms with Gasteiger partial charge in [-0.2, -0.15) is 0 Å². The maximum Gasteiger partial charge on any atom is 0.146 e. The van der Waals surface area contributed by atoms with E-state index in [1.54, 1.807) is 0 Å². The standard InChI is InChI=1S/C14H14O2/c15-14-10-6-7-13(14)11(8-10)9-16-12-4-2-1-3-5-12/h1-7,10-11,13H,8-9H2. The highest BCUT2D eigenvalue weighted by Gasteiger charge is 2.43. The zero-order valence-electron chi connectivity index (χ0n) is 9.00. The Balaban J connectivity index is 1.62. The van der Waals surface area contributed by atoms with E-state index in [9.17, 15) is 4.79 Å². The molecule has 0 spiro atoms. The van der Waals surface area contributed by atoms with Crippen molar-refractivity contribution in [2.45, 2.75) is 6.42 Å². The zero-order valence-corrected chi connectivity index (χ0v) is 9.00. The lowest BCUT2D eigenvalue weighted by molar-refractivity contribution is -0.121. The van der Waals surface area contributed by atoms with Crippen LogP contribution < -0.4 is 4.74 Å². The lowest BCUT2D eigenvalue weighted by atomic mass is 9.94. The van der Waals surface area contributed by atoms with Crippen molar-refractivity contribution < 1.29 is 9.53 Å². The van der Waals surface area contributed by atoms with Crippen molar-refractivity contribution in [1.29, 1.82) is 0 Å². The van der Waals surface area contributed by atoms with Gasteiger partial charge in [0.05, 0.1) is 6.61 Å². The fourth-order valence-corrected chi connectivity index (χ4v) is 2.64. The van der Waals surface area contributed by atoms with Crippen LogP contribution in [0.3, 0.4) is 0 Å². The van der Waals surface area contributed by atoms with Gasteiger partial charge >= 0.3 is 0 Å². The molecule has 1 saturated carbocycles. The number of fused-ring (bicyclic) bond motifs is 2. The van der Waals surface area contributed by atoms with Gasteiger partial charge in [0.1, 0.15) is 11.5 Å². The molecule has 2 nitrogen and oxygen atoms in total. The van der Waals surface area contributed by atoms with Gasteiger partial charge in [0.25, 0.3) is 0 Å². The number of allylic oxidation sites excluding steroid dienone is 2. The summed E-state index contributed by atoms with van der Waals surface area (Å²) < 4.78 is 5.70. The molecule has 1 fully saturated rings. The van der Waals surface area contributed by atoms with E-state index in [2.05, 4.69) is 6.08 Å². The lowest BCUT2D eigenvalue weighted by Gasteiger charge is -2.17. The molecule has 82 valence electrons. The van der Waals surface area contributed by atoms with E-state index in [1.807, 2.05) is 36.4 Å². The van der Waals surface area contributed by atoms with Gasteiger partial charge in [-0.3, -0.25) is 4.79 Å². The Hall–Kier alpha value is -1.57. The van der Waals surface area contributed by atoms with Gasteiger partial charge in [0, 0.05) is 17.8 Å². The second kappa shape index (κ2) is 3.78. The minimum Gasteiger partial charge on any atom is -0.493 e. The van der Waals surface area contributed by atoms with Gasteiger partial charge in [-0.25, -0.2) is 0 Å². The van der Waals surface area contributed by atoms with E-state index in [4.69, 9.17) is 4.74 Å². The van der Waals surface area contributed by atoms with Crippen LogP contribution in [-0.2, 0) is 4.79 Å². The van der Waals surface area contributed by atoms with Crippen LogP contribution in [0.1, 0.15) is 6.42 Å². The number of ketones is 1. The number of benzene rings is 1. The van der Waals surface area contributed by atoms with Crippen LogP contribution in [0, 0.1) is 17.8 Å². The highest BCUT2D eigenvalue weighted by molar-refractivity contribution is 5.91. The Labute approximate surface area is 94.9 Å². The molecule has 0 heterocycles. The molecule has 0 aliphatic heterocycles. The number of carbonyl (C=O) groups excluding carboxylic acids is 1. The molecule has 1 aromatic carbocycles. The van der Waals surface area contributed by atoms with Crippen molar-refractivity contribution in [2.75, 3.05) is 6.61 Å². The minimum atomic E-state index is 0.119. The largest absolute Gasteiger partial charge is 0.493 e. The number of para-hydroxylation sites is 1. The summed E-state index contributed by atoms with van der Waals surface area (Å²) in [6, 6.07) is 9.79. The quantitative estimate of drug-likeness (QED) is 0.722. The molecule has 0 amide bonds. The highest BCUT2D eigenvalue weighted by Crippen LogP contribution is 2.40. The van der Waals surface area contributed by atoms with Gasteiger partial charge in [-0.1, -0.05) is 30.4 Å². The van der Waals surface area contributed by atoms with Crippen LogP contribution in [0.25, 0.3) is 0 Å². The molecular weight excluding hydrogens is 200 g/mol. The fourth-order valence-electron chi connectivity index (χ4n) is 2.64. The summed E-state index contributed by atoms with van der Waals surface area (Å²) in [5.74, 6) is 1.95. The number of Topliss-reactive ketones (excluding diaryl/α,β-unsaturated/α-hetero) is 1. The topological polar surface area (TPSA) is 26.3 Å². The smallest absolute Gasteiger partial charge is 0.146 e. The molecule has 2 aliphatic rings. The van der Waals surface area contributed by atoms with Crippen molar-refractivity contribution in [3.63, 3.8) is 0 Å².